The predicted octanol–water partition coefficient (Wildman–Crippen LogP) is 4.71. The Balaban J connectivity index is 0.00000199. The number of ketones is 1. The Hall–Kier alpha value is -3.35. The molecule has 0 bridgehead atoms. The van der Waals surface area contributed by atoms with Gasteiger partial charge in [0.2, 0.25) is 5.90 Å². The maximum atomic E-state index is 14.3. The van der Waals surface area contributed by atoms with Gasteiger partial charge in [-0.2, -0.15) is 0 Å². The van der Waals surface area contributed by atoms with Crippen LogP contribution in [0.2, 0.25) is 0 Å². The average Bonchev–Trinajstić information content (AvgIpc) is 2.76. The summed E-state index contributed by atoms with van der Waals surface area (Å²) in [6.45, 7) is 0.801. The van der Waals surface area contributed by atoms with E-state index in [9.17, 15) is 44.7 Å². The van der Waals surface area contributed by atoms with Gasteiger partial charge in [-0.15, -0.1) is 0 Å². The highest BCUT2D eigenvalue weighted by atomic mass is 19.3. The number of hydrogen-bond donors (Lipinski definition) is 1. The molecule has 13 heteroatoms. The van der Waals surface area contributed by atoms with Crippen molar-refractivity contribution in [3.05, 3.63) is 69.3 Å². The number of nitrogens with zero attached hydrogens (tertiary/aromatic N) is 1. The number of benzene rings is 2. The average molecular weight is 497 g/mol. The maximum Gasteiger partial charge on any atom is 0.314 e. The Labute approximate surface area is 186 Å². The molecule has 5 nitrogen and oxygen atoms in total. The molecular weight excluding hydrogens is 482 g/mol. The van der Waals surface area contributed by atoms with Crippen LogP contribution in [0.1, 0.15) is 46.3 Å². The molecule has 34 heavy (non-hydrogen) atoms. The van der Waals surface area contributed by atoms with E-state index in [-0.39, 0.29) is 0 Å². The smallest absolute Gasteiger partial charge is 0.314 e. The van der Waals surface area contributed by atoms with E-state index in [1.165, 1.54) is 0 Å². The Morgan fingerprint density at radius 3 is 2.12 bits per heavy atom. The molecule has 0 saturated carbocycles. The zero-order valence-corrected chi connectivity index (χ0v) is 17.4. The summed E-state index contributed by atoms with van der Waals surface area (Å²) in [5.41, 5.74) is -4.37. The topological polar surface area (TPSA) is 76.0 Å². The van der Waals surface area contributed by atoms with Crippen LogP contribution in [-0.2, 0) is 9.53 Å². The molecule has 1 aliphatic heterocycles. The van der Waals surface area contributed by atoms with Crippen LogP contribution in [0.15, 0.2) is 17.1 Å². The second-order valence-electron chi connectivity index (χ2n) is 6.80. The summed E-state index contributed by atoms with van der Waals surface area (Å²) in [7, 11) is 1.00. The quantitative estimate of drug-likeness (QED) is 0.214. The first-order valence-electron chi connectivity index (χ1n) is 9.28. The molecule has 1 atom stereocenters. The van der Waals surface area contributed by atoms with E-state index in [1.807, 2.05) is 0 Å². The number of Topliss-reactive ketones (excluding diaryl/α,β-unsaturated/α-hetero) is 1. The molecule has 0 spiro atoms. The number of carbonyl (C=O) groups excluding carboxylic acids is 2. The fraction of sp³-hybridized carbons (Fsp3) is 0.286. The number of cyclic esters (lactones) is 1. The van der Waals surface area contributed by atoms with E-state index < -0.39 is 100 Å². The molecule has 1 heterocycles. The third-order valence-corrected chi connectivity index (χ3v) is 4.65. The van der Waals surface area contributed by atoms with Crippen LogP contribution in [-0.4, -0.2) is 35.9 Å². The first kappa shape index (κ1) is 26.9. The predicted molar refractivity (Wildman–Crippen MR) is 100 cm³/mol. The molecule has 1 N–H and O–H groups in total. The first-order chi connectivity index (χ1) is 15.9. The highest BCUT2D eigenvalue weighted by Crippen LogP contribution is 2.29. The molecule has 0 amide bonds. The number of esters is 1. The Morgan fingerprint density at radius 2 is 1.59 bits per heavy atom. The second-order valence-corrected chi connectivity index (χ2v) is 6.80. The lowest BCUT2D eigenvalue weighted by Crippen LogP contribution is -2.30. The van der Waals surface area contributed by atoms with Crippen LogP contribution < -0.4 is 0 Å². The van der Waals surface area contributed by atoms with Crippen molar-refractivity contribution in [2.75, 3.05) is 7.11 Å². The minimum Gasteiger partial charge on any atom is -0.407 e. The first-order valence-corrected chi connectivity index (χ1v) is 9.28. The number of hydrogen-bond acceptors (Lipinski definition) is 5. The number of aliphatic hydroxyl groups excluding tert-OH is 1. The fourth-order valence-corrected chi connectivity index (χ4v) is 3.04. The van der Waals surface area contributed by atoms with Gasteiger partial charge in [0, 0.05) is 24.7 Å². The van der Waals surface area contributed by atoms with Crippen molar-refractivity contribution in [2.24, 2.45) is 4.99 Å². The van der Waals surface area contributed by atoms with Gasteiger partial charge in [0.15, 0.2) is 23.2 Å². The molecule has 184 valence electrons. The van der Waals surface area contributed by atoms with E-state index in [1.54, 1.807) is 0 Å². The number of rotatable bonds is 5. The molecule has 2 aromatic rings. The van der Waals surface area contributed by atoms with Crippen molar-refractivity contribution in [1.82, 2.24) is 0 Å². The van der Waals surface area contributed by atoms with Crippen LogP contribution in [0.25, 0.3) is 0 Å². The highest BCUT2D eigenvalue weighted by Gasteiger charge is 2.33. The summed E-state index contributed by atoms with van der Waals surface area (Å²) in [5.74, 6) is -14.0. The van der Waals surface area contributed by atoms with Crippen molar-refractivity contribution in [2.45, 2.75) is 32.2 Å². The molecule has 1 unspecified atom stereocenters. The summed E-state index contributed by atoms with van der Waals surface area (Å²) in [5, 5.41) is 7.00. The Bertz CT molecular complexity index is 1110. The number of aliphatic hydroxyl groups is 1. The second kappa shape index (κ2) is 10.7. The van der Waals surface area contributed by atoms with E-state index in [0.717, 1.165) is 14.0 Å². The third kappa shape index (κ3) is 5.24. The van der Waals surface area contributed by atoms with Gasteiger partial charge in [-0.3, -0.25) is 9.59 Å². The van der Waals surface area contributed by atoms with Gasteiger partial charge >= 0.3 is 5.97 Å². The summed E-state index contributed by atoms with van der Waals surface area (Å²) < 4.78 is 113. The van der Waals surface area contributed by atoms with Crippen molar-refractivity contribution in [1.29, 1.82) is 0 Å². The van der Waals surface area contributed by atoms with Crippen molar-refractivity contribution in [3.63, 3.8) is 0 Å². The minimum absolute atomic E-state index is 0.372. The molecule has 0 aromatic heterocycles. The van der Waals surface area contributed by atoms with Crippen molar-refractivity contribution in [3.8, 4) is 0 Å². The maximum absolute atomic E-state index is 14.3. The lowest BCUT2D eigenvalue weighted by molar-refractivity contribution is -0.136. The molecule has 0 saturated heterocycles. The number of carbonyl (C=O) groups is 2. The van der Waals surface area contributed by atoms with Gasteiger partial charge in [-0.05, 0) is 19.1 Å². The van der Waals surface area contributed by atoms with Gasteiger partial charge < -0.3 is 9.84 Å². The van der Waals surface area contributed by atoms with E-state index in [4.69, 9.17) is 5.11 Å². The standard InChI is InChI=1S/C20H11F8NO3.CH4O/c1-6-15(23)14(17(25)18(26)16(6)24)20-29-8(5-12(31)32-20)4-11(30)7-2-9(21)13(19(27)28)10(22)3-7;1-2/h2-3,8,19H,4-5H2,1H3;2H,1H3. The van der Waals surface area contributed by atoms with E-state index >= 15 is 0 Å². The molecule has 2 aromatic carbocycles. The Morgan fingerprint density at radius 1 is 1.03 bits per heavy atom. The number of halogens is 8. The van der Waals surface area contributed by atoms with Crippen molar-refractivity contribution < 1.29 is 54.6 Å². The molecular formula is C21H15F8NO4. The SMILES string of the molecule is CO.Cc1c(F)c(F)c(F)c(C2=NC(CC(=O)c3cc(F)c(C(F)F)c(F)c3)CC(=O)O2)c1F. The summed E-state index contributed by atoms with van der Waals surface area (Å²) in [6, 6.07) is -0.611. The summed E-state index contributed by atoms with van der Waals surface area (Å²) >= 11 is 0. The van der Waals surface area contributed by atoms with Crippen LogP contribution in [0.4, 0.5) is 35.1 Å². The minimum atomic E-state index is -3.47. The third-order valence-electron chi connectivity index (χ3n) is 4.65. The zero-order valence-electron chi connectivity index (χ0n) is 17.4. The van der Waals surface area contributed by atoms with Gasteiger partial charge in [-0.25, -0.2) is 40.1 Å². The number of ether oxygens (including phenoxy) is 1. The molecule has 1 aliphatic rings. The molecule has 0 fully saturated rings. The summed E-state index contributed by atoms with van der Waals surface area (Å²) in [6.07, 6.45) is -4.80. The van der Waals surface area contributed by atoms with Crippen LogP contribution in [0.3, 0.4) is 0 Å². The van der Waals surface area contributed by atoms with Gasteiger partial charge in [-0.1, -0.05) is 0 Å². The number of alkyl halides is 2. The highest BCUT2D eigenvalue weighted by molar-refractivity contribution is 6.03. The fourth-order valence-electron chi connectivity index (χ4n) is 3.04. The zero-order chi connectivity index (χ0) is 25.9. The lowest BCUT2D eigenvalue weighted by atomic mass is 9.99. The van der Waals surface area contributed by atoms with Gasteiger partial charge in [0.05, 0.1) is 18.0 Å². The van der Waals surface area contributed by atoms with Crippen molar-refractivity contribution >= 4 is 17.7 Å². The molecule has 0 aliphatic carbocycles. The van der Waals surface area contributed by atoms with Crippen LogP contribution in [0, 0.1) is 41.8 Å². The van der Waals surface area contributed by atoms with Crippen LogP contribution >= 0.6 is 0 Å². The van der Waals surface area contributed by atoms with E-state index in [2.05, 4.69) is 9.73 Å². The van der Waals surface area contributed by atoms with Gasteiger partial charge in [0.25, 0.3) is 6.43 Å². The normalized spacial score (nSPS) is 15.5. The van der Waals surface area contributed by atoms with E-state index in [0.29, 0.717) is 12.1 Å². The monoisotopic (exact) mass is 497 g/mol. The largest absolute Gasteiger partial charge is 0.407 e. The molecule has 0 radical (unpaired) electrons. The van der Waals surface area contributed by atoms with Crippen LogP contribution in [0.5, 0.6) is 0 Å². The lowest BCUT2D eigenvalue weighted by Gasteiger charge is -2.20. The number of aliphatic imine (C=N–C) groups is 1. The molecule has 3 rings (SSSR count). The Kier molecular flexibility index (Phi) is 8.48. The van der Waals surface area contributed by atoms with Gasteiger partial charge in [0.1, 0.15) is 23.0 Å². The summed E-state index contributed by atoms with van der Waals surface area (Å²) in [4.78, 5) is 27.8.